The molecule has 4 rings (SSSR count). The van der Waals surface area contributed by atoms with Crippen LogP contribution in [0.4, 0.5) is 10.8 Å². The van der Waals surface area contributed by atoms with E-state index in [1.54, 1.807) is 16.4 Å². The van der Waals surface area contributed by atoms with E-state index >= 15 is 0 Å². The highest BCUT2D eigenvalue weighted by Gasteiger charge is 2.25. The van der Waals surface area contributed by atoms with Gasteiger partial charge in [0.05, 0.1) is 10.6 Å². The molecule has 2 heterocycles. The highest BCUT2D eigenvalue weighted by atomic mass is 35.5. The number of benzene rings is 2. The first-order chi connectivity index (χ1) is 13.5. The average molecular weight is 434 g/mol. The summed E-state index contributed by atoms with van der Waals surface area (Å²) in [6, 6.07) is 14.4. The lowest BCUT2D eigenvalue weighted by Crippen LogP contribution is -2.35. The number of thiazole rings is 1. The molecule has 28 heavy (non-hydrogen) atoms. The Balaban J connectivity index is 1.49. The zero-order chi connectivity index (χ0) is 19.6. The molecule has 1 aliphatic rings. The van der Waals surface area contributed by atoms with Gasteiger partial charge < -0.3 is 5.32 Å². The fourth-order valence-electron chi connectivity index (χ4n) is 3.17. The van der Waals surface area contributed by atoms with Gasteiger partial charge >= 0.3 is 0 Å². The molecule has 0 spiro atoms. The van der Waals surface area contributed by atoms with Crippen molar-refractivity contribution in [2.75, 3.05) is 18.4 Å². The minimum absolute atomic E-state index is 0.341. The molecule has 0 aliphatic carbocycles. The molecule has 0 amide bonds. The first-order valence-corrected chi connectivity index (χ1v) is 11.8. The van der Waals surface area contributed by atoms with Gasteiger partial charge in [-0.2, -0.15) is 4.31 Å². The van der Waals surface area contributed by atoms with Gasteiger partial charge in [0.25, 0.3) is 0 Å². The number of hydrogen-bond acceptors (Lipinski definition) is 5. The molecule has 0 radical (unpaired) electrons. The van der Waals surface area contributed by atoms with Crippen LogP contribution in [0.1, 0.15) is 19.3 Å². The second-order valence-electron chi connectivity index (χ2n) is 6.66. The van der Waals surface area contributed by atoms with Gasteiger partial charge in [0.1, 0.15) is 0 Å². The van der Waals surface area contributed by atoms with Crippen molar-refractivity contribution in [2.45, 2.75) is 24.2 Å². The number of sulfonamides is 1. The third kappa shape index (κ3) is 4.22. The van der Waals surface area contributed by atoms with Gasteiger partial charge in [-0.25, -0.2) is 13.4 Å². The molecule has 0 unspecified atom stereocenters. The molecule has 2 aromatic carbocycles. The number of nitrogens with zero attached hydrogens (tertiary/aromatic N) is 2. The second-order valence-corrected chi connectivity index (χ2v) is 9.89. The van der Waals surface area contributed by atoms with Gasteiger partial charge in [-0.15, -0.1) is 11.3 Å². The first-order valence-electron chi connectivity index (χ1n) is 9.11. The van der Waals surface area contributed by atoms with E-state index < -0.39 is 10.0 Å². The van der Waals surface area contributed by atoms with E-state index in [0.717, 1.165) is 41.3 Å². The Morgan fingerprint density at radius 1 is 0.964 bits per heavy atom. The zero-order valence-electron chi connectivity index (χ0n) is 15.1. The van der Waals surface area contributed by atoms with Crippen LogP contribution in [0.2, 0.25) is 5.02 Å². The smallest absolute Gasteiger partial charge is 0.243 e. The first kappa shape index (κ1) is 19.4. The second kappa shape index (κ2) is 8.21. The van der Waals surface area contributed by atoms with Gasteiger partial charge in [-0.05, 0) is 49.2 Å². The monoisotopic (exact) mass is 433 g/mol. The third-order valence-electron chi connectivity index (χ3n) is 4.70. The summed E-state index contributed by atoms with van der Waals surface area (Å²) in [5.41, 5.74) is 2.61. The van der Waals surface area contributed by atoms with Crippen LogP contribution in [0.15, 0.2) is 58.8 Å². The fourth-order valence-corrected chi connectivity index (χ4v) is 5.56. The summed E-state index contributed by atoms with van der Waals surface area (Å²) in [5, 5.41) is 6.65. The van der Waals surface area contributed by atoms with Gasteiger partial charge in [-0.3, -0.25) is 0 Å². The van der Waals surface area contributed by atoms with E-state index in [-0.39, 0.29) is 0 Å². The zero-order valence-corrected chi connectivity index (χ0v) is 17.5. The summed E-state index contributed by atoms with van der Waals surface area (Å²) in [4.78, 5) is 4.94. The lowest BCUT2D eigenvalue weighted by Gasteiger charge is -2.25. The van der Waals surface area contributed by atoms with Crippen molar-refractivity contribution in [1.29, 1.82) is 0 Å². The molecule has 1 fully saturated rings. The highest BCUT2D eigenvalue weighted by Crippen LogP contribution is 2.29. The summed E-state index contributed by atoms with van der Waals surface area (Å²) in [7, 11) is -3.41. The van der Waals surface area contributed by atoms with Crippen LogP contribution in [-0.2, 0) is 10.0 Å². The Morgan fingerprint density at radius 3 is 2.32 bits per heavy atom. The summed E-state index contributed by atoms with van der Waals surface area (Å²) in [5.74, 6) is 0. The predicted molar refractivity (Wildman–Crippen MR) is 115 cm³/mol. The number of aromatic nitrogens is 1. The van der Waals surface area contributed by atoms with Gasteiger partial charge in [-0.1, -0.05) is 30.2 Å². The van der Waals surface area contributed by atoms with Crippen LogP contribution < -0.4 is 5.32 Å². The number of halogens is 1. The van der Waals surface area contributed by atoms with E-state index in [2.05, 4.69) is 10.3 Å². The molecule has 146 valence electrons. The van der Waals surface area contributed by atoms with Crippen LogP contribution in [0.3, 0.4) is 0 Å². The molecule has 5 nitrogen and oxygen atoms in total. The molecule has 0 atom stereocenters. The quantitative estimate of drug-likeness (QED) is 0.586. The lowest BCUT2D eigenvalue weighted by molar-refractivity contribution is 0.346. The van der Waals surface area contributed by atoms with Crippen molar-refractivity contribution in [3.63, 3.8) is 0 Å². The van der Waals surface area contributed by atoms with Crippen molar-refractivity contribution in [3.8, 4) is 11.3 Å². The van der Waals surface area contributed by atoms with Gasteiger partial charge in [0, 0.05) is 34.7 Å². The highest BCUT2D eigenvalue weighted by molar-refractivity contribution is 7.89. The Hall–Kier alpha value is -1.93. The van der Waals surface area contributed by atoms with E-state index in [1.165, 1.54) is 11.3 Å². The van der Waals surface area contributed by atoms with Crippen LogP contribution in [0.5, 0.6) is 0 Å². The van der Waals surface area contributed by atoms with Crippen LogP contribution >= 0.6 is 22.9 Å². The minimum Gasteiger partial charge on any atom is -0.332 e. The molecule has 8 heteroatoms. The van der Waals surface area contributed by atoms with Crippen molar-refractivity contribution in [3.05, 3.63) is 58.9 Å². The van der Waals surface area contributed by atoms with E-state index in [0.29, 0.717) is 23.0 Å². The molecule has 0 bridgehead atoms. The molecular formula is C20H20ClN3O2S2. The average Bonchev–Trinajstić information content (AvgIpc) is 3.19. The fraction of sp³-hybridized carbons (Fsp3) is 0.250. The number of nitrogens with one attached hydrogen (secondary N) is 1. The van der Waals surface area contributed by atoms with Crippen molar-refractivity contribution >= 4 is 43.8 Å². The molecular weight excluding hydrogens is 414 g/mol. The number of anilines is 2. The Kier molecular flexibility index (Phi) is 5.68. The van der Waals surface area contributed by atoms with Crippen molar-refractivity contribution in [2.24, 2.45) is 0 Å². The van der Waals surface area contributed by atoms with Gasteiger partial charge in [0.2, 0.25) is 10.0 Å². The summed E-state index contributed by atoms with van der Waals surface area (Å²) in [6.45, 7) is 1.21. The topological polar surface area (TPSA) is 62.3 Å². The lowest BCUT2D eigenvalue weighted by atomic mass is 10.2. The maximum absolute atomic E-state index is 12.8. The van der Waals surface area contributed by atoms with E-state index in [9.17, 15) is 8.42 Å². The summed E-state index contributed by atoms with van der Waals surface area (Å²) >= 11 is 7.40. The predicted octanol–water partition coefficient (Wildman–Crippen LogP) is 5.38. The number of hydrogen-bond donors (Lipinski definition) is 1. The number of piperidine rings is 1. The standard InChI is InChI=1S/C20H20ClN3O2S2/c21-16-6-8-17(9-7-16)22-20-23-19(14-27-20)15-4-10-18(11-5-15)28(25,26)24-12-2-1-3-13-24/h4-11,14H,1-3,12-13H2,(H,22,23). The van der Waals surface area contributed by atoms with Crippen molar-refractivity contribution in [1.82, 2.24) is 9.29 Å². The molecule has 0 saturated carbocycles. The molecule has 3 aromatic rings. The molecule has 1 aliphatic heterocycles. The normalized spacial score (nSPS) is 15.5. The maximum Gasteiger partial charge on any atom is 0.243 e. The Bertz CT molecular complexity index is 1040. The molecule has 1 N–H and O–H groups in total. The molecule has 1 saturated heterocycles. The van der Waals surface area contributed by atoms with E-state index in [4.69, 9.17) is 11.6 Å². The molecule has 1 aromatic heterocycles. The van der Waals surface area contributed by atoms with E-state index in [1.807, 2.05) is 41.8 Å². The van der Waals surface area contributed by atoms with Gasteiger partial charge in [0.15, 0.2) is 5.13 Å². The number of rotatable bonds is 5. The van der Waals surface area contributed by atoms with Crippen LogP contribution in [0.25, 0.3) is 11.3 Å². The van der Waals surface area contributed by atoms with Crippen LogP contribution in [0, 0.1) is 0 Å². The minimum atomic E-state index is -3.41. The summed E-state index contributed by atoms with van der Waals surface area (Å²) < 4.78 is 27.1. The summed E-state index contributed by atoms with van der Waals surface area (Å²) in [6.07, 6.45) is 2.96. The SMILES string of the molecule is O=S(=O)(c1ccc(-c2csc(Nc3ccc(Cl)cc3)n2)cc1)N1CCCCC1. The maximum atomic E-state index is 12.8. The Labute approximate surface area is 174 Å². The largest absolute Gasteiger partial charge is 0.332 e. The Morgan fingerprint density at radius 2 is 1.64 bits per heavy atom. The third-order valence-corrected chi connectivity index (χ3v) is 7.63. The van der Waals surface area contributed by atoms with Crippen molar-refractivity contribution < 1.29 is 8.42 Å². The van der Waals surface area contributed by atoms with Crippen LogP contribution in [-0.4, -0.2) is 30.8 Å².